The number of pyridine rings is 1. The van der Waals surface area contributed by atoms with Gasteiger partial charge in [0.15, 0.2) is 11.5 Å². The number of ketones is 4. The zero-order chi connectivity index (χ0) is 33.5. The summed E-state index contributed by atoms with van der Waals surface area (Å²) in [6.45, 7) is 6.20. The highest BCUT2D eigenvalue weighted by atomic mass is 16.6. The van der Waals surface area contributed by atoms with Crippen molar-refractivity contribution in [2.75, 3.05) is 12.4 Å². The number of hydrogen-bond donors (Lipinski definition) is 1. The minimum Gasteiger partial charge on any atom is -0.491 e. The number of esters is 2. The molecule has 240 valence electrons. The molecule has 0 aliphatic heterocycles. The molecular weight excluding hydrogens is 592 g/mol. The average molecular weight is 629 g/mol. The molecule has 11 heteroatoms. The van der Waals surface area contributed by atoms with Crippen molar-refractivity contribution in [3.05, 3.63) is 83.7 Å². The predicted octanol–water partition coefficient (Wildman–Crippen LogP) is 4.14. The van der Waals surface area contributed by atoms with Crippen LogP contribution in [0.5, 0.6) is 11.5 Å². The van der Waals surface area contributed by atoms with Crippen LogP contribution in [-0.2, 0) is 35.1 Å². The van der Waals surface area contributed by atoms with Crippen LogP contribution in [0.2, 0.25) is 0 Å². The summed E-state index contributed by atoms with van der Waals surface area (Å²) < 4.78 is 16.8. The van der Waals surface area contributed by atoms with Crippen LogP contribution < -0.4 is 14.8 Å². The molecule has 2 aromatic carbocycles. The lowest BCUT2D eigenvalue weighted by atomic mass is 9.81. The van der Waals surface area contributed by atoms with Crippen molar-refractivity contribution < 1.29 is 43.0 Å². The van der Waals surface area contributed by atoms with Crippen LogP contribution in [0.4, 0.5) is 5.69 Å². The topological polar surface area (TPSA) is 155 Å². The molecule has 4 atom stereocenters. The summed E-state index contributed by atoms with van der Waals surface area (Å²) in [7, 11) is 1.31. The van der Waals surface area contributed by atoms with Crippen molar-refractivity contribution in [1.29, 1.82) is 0 Å². The van der Waals surface area contributed by atoms with Crippen LogP contribution >= 0.6 is 0 Å². The van der Waals surface area contributed by atoms with E-state index in [0.717, 1.165) is 0 Å². The van der Waals surface area contributed by atoms with Gasteiger partial charge in [-0.15, -0.1) is 0 Å². The maximum Gasteiger partial charge on any atom is 0.343 e. The molecule has 1 aliphatic rings. The van der Waals surface area contributed by atoms with Gasteiger partial charge in [-0.25, -0.2) is 4.79 Å². The molecule has 1 heterocycles. The number of benzene rings is 2. The highest BCUT2D eigenvalue weighted by Crippen LogP contribution is 2.38. The van der Waals surface area contributed by atoms with E-state index in [-0.39, 0.29) is 29.2 Å². The molecule has 1 aliphatic carbocycles. The first-order valence-electron chi connectivity index (χ1n) is 14.9. The molecule has 0 unspecified atom stereocenters. The van der Waals surface area contributed by atoms with Gasteiger partial charge >= 0.3 is 11.9 Å². The fourth-order valence-electron chi connectivity index (χ4n) is 5.18. The lowest BCUT2D eigenvalue weighted by Crippen LogP contribution is -2.45. The fraction of sp³-hybridized carbons (Fsp3) is 0.343. The Morgan fingerprint density at radius 1 is 0.913 bits per heavy atom. The largest absolute Gasteiger partial charge is 0.491 e. The molecule has 1 aromatic heterocycles. The lowest BCUT2D eigenvalue weighted by molar-refractivity contribution is -0.163. The Hall–Kier alpha value is -5.19. The first kappa shape index (κ1) is 33.7. The van der Waals surface area contributed by atoms with Crippen LogP contribution in [0.1, 0.15) is 48.8 Å². The lowest BCUT2D eigenvalue weighted by Gasteiger charge is -2.29. The van der Waals surface area contributed by atoms with E-state index in [2.05, 4.69) is 10.3 Å². The van der Waals surface area contributed by atoms with Gasteiger partial charge < -0.3 is 19.5 Å². The molecule has 11 nitrogen and oxygen atoms in total. The zero-order valence-electron chi connectivity index (χ0n) is 26.3. The first-order chi connectivity index (χ1) is 21.9. The Labute approximate surface area is 266 Å². The van der Waals surface area contributed by atoms with Gasteiger partial charge in [-0.3, -0.25) is 29.0 Å². The van der Waals surface area contributed by atoms with Gasteiger partial charge in [-0.1, -0.05) is 69.3 Å². The highest BCUT2D eigenvalue weighted by molar-refractivity contribution is 6.44. The van der Waals surface area contributed by atoms with E-state index in [1.54, 1.807) is 81.4 Å². The van der Waals surface area contributed by atoms with E-state index >= 15 is 0 Å². The molecule has 1 saturated carbocycles. The number of aryl methyl sites for hydroxylation is 1. The van der Waals surface area contributed by atoms with Gasteiger partial charge in [0, 0.05) is 6.42 Å². The predicted molar refractivity (Wildman–Crippen MR) is 167 cm³/mol. The average Bonchev–Trinajstić information content (AvgIpc) is 3.07. The summed E-state index contributed by atoms with van der Waals surface area (Å²) in [5, 5.41) is 2.84. The minimum atomic E-state index is -1.50. The van der Waals surface area contributed by atoms with E-state index in [4.69, 9.17) is 14.2 Å². The van der Waals surface area contributed by atoms with E-state index < -0.39 is 71.4 Å². The number of methoxy groups -OCH3 is 1. The summed E-state index contributed by atoms with van der Waals surface area (Å²) in [5.74, 6) is -8.14. The number of carbonyl (C=O) groups excluding carboxylic acids is 6. The second-order valence-corrected chi connectivity index (χ2v) is 11.4. The van der Waals surface area contributed by atoms with Gasteiger partial charge in [-0.05, 0) is 31.0 Å². The number of ether oxygens (including phenoxy) is 3. The van der Waals surface area contributed by atoms with Crippen molar-refractivity contribution in [3.8, 4) is 11.5 Å². The number of Topliss-reactive ketones (excluding diaryl/α,β-unsaturated/α-hetero) is 4. The van der Waals surface area contributed by atoms with Crippen LogP contribution in [0, 0.1) is 24.7 Å². The van der Waals surface area contributed by atoms with Gasteiger partial charge in [-0.2, -0.15) is 0 Å². The van der Waals surface area contributed by atoms with E-state index in [1.807, 2.05) is 0 Å². The number of nitrogens with zero attached hydrogens (tertiary/aromatic N) is 1. The number of rotatable bonds is 9. The Bertz CT molecular complexity index is 1640. The number of hydrogen-bond acceptors (Lipinski definition) is 11. The summed E-state index contributed by atoms with van der Waals surface area (Å²) in [4.78, 5) is 84.5. The molecule has 4 rings (SSSR count). The Balaban J connectivity index is 1.70. The third kappa shape index (κ3) is 7.53. The van der Waals surface area contributed by atoms with E-state index in [9.17, 15) is 28.8 Å². The van der Waals surface area contributed by atoms with Crippen molar-refractivity contribution in [3.63, 3.8) is 0 Å². The third-order valence-electron chi connectivity index (χ3n) is 7.79. The van der Waals surface area contributed by atoms with E-state index in [1.165, 1.54) is 20.2 Å². The number of carbonyl (C=O) groups is 6. The molecule has 1 N–H and O–H groups in total. The van der Waals surface area contributed by atoms with Crippen LogP contribution in [0.3, 0.4) is 0 Å². The van der Waals surface area contributed by atoms with Crippen LogP contribution in [0.25, 0.3) is 0 Å². The molecule has 0 radical (unpaired) electrons. The van der Waals surface area contributed by atoms with Crippen molar-refractivity contribution >= 4 is 40.8 Å². The summed E-state index contributed by atoms with van der Waals surface area (Å²) in [6.07, 6.45) is -0.708. The first-order valence-corrected chi connectivity index (χ1v) is 14.9. The normalized spacial score (nSPS) is 20.4. The summed E-state index contributed by atoms with van der Waals surface area (Å²) >= 11 is 0. The van der Waals surface area contributed by atoms with Gasteiger partial charge in [0.1, 0.15) is 12.1 Å². The van der Waals surface area contributed by atoms with Gasteiger partial charge in [0.05, 0.1) is 48.0 Å². The molecule has 3 aromatic rings. The van der Waals surface area contributed by atoms with Gasteiger partial charge in [0.2, 0.25) is 23.1 Å². The number of aromatic nitrogens is 1. The second-order valence-electron chi connectivity index (χ2n) is 11.4. The summed E-state index contributed by atoms with van der Waals surface area (Å²) in [6, 6.07) is 15.6. The smallest absolute Gasteiger partial charge is 0.343 e. The SMILES string of the molecule is COc1c(N[C@H]2CC(=O)C(=O)[C@H](Cc3ccccc3)[C@H](OC(=O)C(C)C)[C@H](C)C(=O)C2=O)cnc(C)c1OC(=O)c1ccccc1. The standard InChI is InChI=1S/C35H36N2O9/c1-19(2)34(42)45-31-20(3)28(39)30(41)25(17-27(38)29(40)24(31)16-22-12-8-6-9-13-22)37-26-18-36-21(4)32(33(26)44-5)46-35(43)23-14-10-7-11-15-23/h6-15,18-20,24-25,31,37H,16-17H2,1-5H3/t20-,24+,25+,31-/m1/s1. The maximum atomic E-state index is 13.8. The van der Waals surface area contributed by atoms with Gasteiger partial charge in [0.25, 0.3) is 0 Å². The third-order valence-corrected chi connectivity index (χ3v) is 7.79. The van der Waals surface area contributed by atoms with E-state index in [0.29, 0.717) is 11.3 Å². The van der Waals surface area contributed by atoms with Crippen molar-refractivity contribution in [2.24, 2.45) is 17.8 Å². The molecule has 0 saturated heterocycles. The van der Waals surface area contributed by atoms with Crippen LogP contribution in [0.15, 0.2) is 66.9 Å². The Morgan fingerprint density at radius 3 is 2.15 bits per heavy atom. The second kappa shape index (κ2) is 14.7. The monoisotopic (exact) mass is 628 g/mol. The maximum absolute atomic E-state index is 13.8. The minimum absolute atomic E-state index is 0.00517. The van der Waals surface area contributed by atoms with Crippen molar-refractivity contribution in [2.45, 2.75) is 52.7 Å². The number of anilines is 1. The van der Waals surface area contributed by atoms with Crippen LogP contribution in [-0.4, -0.2) is 59.3 Å². The quantitative estimate of drug-likeness (QED) is 0.268. The molecule has 1 fully saturated rings. The molecule has 0 amide bonds. The zero-order valence-corrected chi connectivity index (χ0v) is 26.3. The number of nitrogens with one attached hydrogen (secondary N) is 1. The fourth-order valence-corrected chi connectivity index (χ4v) is 5.18. The highest BCUT2D eigenvalue weighted by Gasteiger charge is 2.46. The molecular formula is C35H36N2O9. The summed E-state index contributed by atoms with van der Waals surface area (Å²) in [5.41, 5.74) is 1.30. The Morgan fingerprint density at radius 2 is 1.54 bits per heavy atom. The molecule has 46 heavy (non-hydrogen) atoms. The van der Waals surface area contributed by atoms with Crippen molar-refractivity contribution in [1.82, 2.24) is 4.98 Å². The molecule has 0 spiro atoms. The Kier molecular flexibility index (Phi) is 10.8. The molecule has 0 bridgehead atoms.